The van der Waals surface area contributed by atoms with Crippen molar-refractivity contribution in [1.82, 2.24) is 0 Å². The van der Waals surface area contributed by atoms with Gasteiger partial charge in [0.15, 0.2) is 0 Å². The van der Waals surface area contributed by atoms with Crippen molar-refractivity contribution in [2.75, 3.05) is 0 Å². The Balaban J connectivity index is 2.28. The van der Waals surface area contributed by atoms with E-state index in [1.54, 1.807) is 0 Å². The lowest BCUT2D eigenvalue weighted by molar-refractivity contribution is -0.107. The first-order valence-corrected chi connectivity index (χ1v) is 7.38. The van der Waals surface area contributed by atoms with Crippen LogP contribution >= 0.6 is 11.8 Å². The molecule has 104 valence electrons. The van der Waals surface area contributed by atoms with Gasteiger partial charge in [-0.25, -0.2) is 0 Å². The molecule has 1 atom stereocenters. The Kier molecular flexibility index (Phi) is 4.50. The lowest BCUT2D eigenvalue weighted by Gasteiger charge is -2.14. The molecule has 0 fully saturated rings. The van der Waals surface area contributed by atoms with Crippen LogP contribution in [0.15, 0.2) is 41.3 Å². The van der Waals surface area contributed by atoms with Crippen molar-refractivity contribution in [2.24, 2.45) is 0 Å². The van der Waals surface area contributed by atoms with E-state index in [2.05, 4.69) is 0 Å². The van der Waals surface area contributed by atoms with E-state index >= 15 is 0 Å². The van der Waals surface area contributed by atoms with Crippen LogP contribution in [-0.4, -0.2) is 11.4 Å². The van der Waals surface area contributed by atoms with Crippen LogP contribution in [0.4, 0.5) is 0 Å². The fraction of sp³-hybridized carbons (Fsp3) is 0.235. The Morgan fingerprint density at radius 2 is 1.60 bits per heavy atom. The van der Waals surface area contributed by atoms with Gasteiger partial charge in [0.1, 0.15) is 12.0 Å². The summed E-state index contributed by atoms with van der Waals surface area (Å²) in [4.78, 5) is 12.5. The molecule has 3 heteroatoms. The lowest BCUT2D eigenvalue weighted by Crippen LogP contribution is -1.97. The first-order chi connectivity index (χ1) is 9.51. The summed E-state index contributed by atoms with van der Waals surface area (Å²) >= 11 is 1.52. The smallest absolute Gasteiger partial charge is 0.137 e. The number of thioether (sulfide) groups is 1. The summed E-state index contributed by atoms with van der Waals surface area (Å²) in [6.45, 7) is 5.74. The van der Waals surface area contributed by atoms with Crippen LogP contribution < -0.4 is 0 Å². The van der Waals surface area contributed by atoms with Gasteiger partial charge in [0, 0.05) is 4.90 Å². The second kappa shape index (κ2) is 6.14. The van der Waals surface area contributed by atoms with Crippen molar-refractivity contribution in [3.8, 4) is 5.75 Å². The summed E-state index contributed by atoms with van der Waals surface area (Å²) in [6.07, 6.45) is 0.954. The number of rotatable bonds is 4. The SMILES string of the molecule is Cc1ccc(SC(C=O)c2cc(C)c(O)c(C)c2)cc1. The van der Waals surface area contributed by atoms with Gasteiger partial charge in [-0.15, -0.1) is 11.8 Å². The predicted octanol–water partition coefficient (Wildman–Crippen LogP) is 4.35. The maximum absolute atomic E-state index is 11.4. The zero-order valence-electron chi connectivity index (χ0n) is 11.9. The highest BCUT2D eigenvalue weighted by atomic mass is 32.2. The molecule has 0 heterocycles. The summed E-state index contributed by atoms with van der Waals surface area (Å²) in [5, 5.41) is 9.56. The van der Waals surface area contributed by atoms with Crippen molar-refractivity contribution >= 4 is 18.0 Å². The molecule has 1 unspecified atom stereocenters. The molecule has 0 spiro atoms. The number of carbonyl (C=O) groups excluding carboxylic acids is 1. The molecule has 0 aliphatic rings. The Labute approximate surface area is 123 Å². The lowest BCUT2D eigenvalue weighted by atomic mass is 10.0. The van der Waals surface area contributed by atoms with Gasteiger partial charge in [-0.1, -0.05) is 29.8 Å². The molecule has 2 nitrogen and oxygen atoms in total. The number of phenolic OH excluding ortho intramolecular Hbond substituents is 1. The van der Waals surface area contributed by atoms with Crippen molar-refractivity contribution in [3.05, 3.63) is 58.7 Å². The molecule has 0 amide bonds. The van der Waals surface area contributed by atoms with Crippen LogP contribution in [0, 0.1) is 20.8 Å². The third-order valence-corrected chi connectivity index (χ3v) is 4.43. The molecule has 1 N–H and O–H groups in total. The number of aromatic hydroxyl groups is 1. The molecule has 0 bridgehead atoms. The average Bonchev–Trinajstić information content (AvgIpc) is 2.43. The van der Waals surface area contributed by atoms with Gasteiger partial charge < -0.3 is 9.90 Å². The first-order valence-electron chi connectivity index (χ1n) is 6.50. The average molecular weight is 286 g/mol. The molecule has 2 aromatic carbocycles. The number of aldehydes is 1. The van der Waals surface area contributed by atoms with Crippen LogP contribution in [0.1, 0.15) is 27.5 Å². The van der Waals surface area contributed by atoms with Gasteiger partial charge in [0.2, 0.25) is 0 Å². The molecule has 0 saturated carbocycles. The molecule has 2 rings (SSSR count). The van der Waals surface area contributed by atoms with Crippen LogP contribution in [0.3, 0.4) is 0 Å². The molecule has 0 saturated heterocycles. The topological polar surface area (TPSA) is 37.3 Å². The number of benzene rings is 2. The van der Waals surface area contributed by atoms with Crippen molar-refractivity contribution in [2.45, 2.75) is 30.9 Å². The van der Waals surface area contributed by atoms with Gasteiger partial charge in [-0.2, -0.15) is 0 Å². The van der Waals surface area contributed by atoms with Crippen molar-refractivity contribution < 1.29 is 9.90 Å². The van der Waals surface area contributed by atoms with Crippen LogP contribution in [0.25, 0.3) is 0 Å². The Bertz CT molecular complexity index is 594. The number of hydrogen-bond acceptors (Lipinski definition) is 3. The third-order valence-electron chi connectivity index (χ3n) is 3.25. The Hall–Kier alpha value is -1.74. The maximum atomic E-state index is 11.4. The van der Waals surface area contributed by atoms with Crippen molar-refractivity contribution in [1.29, 1.82) is 0 Å². The molecular weight excluding hydrogens is 268 g/mol. The number of carbonyl (C=O) groups is 1. The highest BCUT2D eigenvalue weighted by Crippen LogP contribution is 2.36. The molecule has 20 heavy (non-hydrogen) atoms. The minimum Gasteiger partial charge on any atom is -0.507 e. The van der Waals surface area contributed by atoms with Gasteiger partial charge >= 0.3 is 0 Å². The normalized spacial score (nSPS) is 12.2. The fourth-order valence-corrected chi connectivity index (χ4v) is 3.01. The van der Waals surface area contributed by atoms with E-state index < -0.39 is 0 Å². The van der Waals surface area contributed by atoms with Crippen LogP contribution in [-0.2, 0) is 4.79 Å². The van der Waals surface area contributed by atoms with E-state index in [9.17, 15) is 9.90 Å². The largest absolute Gasteiger partial charge is 0.507 e. The quantitative estimate of drug-likeness (QED) is 0.670. The Morgan fingerprint density at radius 3 is 2.10 bits per heavy atom. The summed E-state index contributed by atoms with van der Waals surface area (Å²) < 4.78 is 0. The number of phenols is 1. The first kappa shape index (κ1) is 14.7. The molecule has 0 aromatic heterocycles. The Morgan fingerprint density at radius 1 is 1.05 bits per heavy atom. The number of aryl methyl sites for hydroxylation is 3. The molecule has 0 aliphatic heterocycles. The minimum absolute atomic E-state index is 0.254. The summed E-state index contributed by atoms with van der Waals surface area (Å²) in [7, 11) is 0. The highest BCUT2D eigenvalue weighted by Gasteiger charge is 2.14. The van der Waals surface area contributed by atoms with E-state index in [1.807, 2.05) is 57.2 Å². The molecule has 0 aliphatic carbocycles. The van der Waals surface area contributed by atoms with E-state index in [0.29, 0.717) is 5.75 Å². The monoisotopic (exact) mass is 286 g/mol. The highest BCUT2D eigenvalue weighted by molar-refractivity contribution is 8.00. The van der Waals surface area contributed by atoms with E-state index in [-0.39, 0.29) is 5.25 Å². The van der Waals surface area contributed by atoms with Crippen LogP contribution in [0.5, 0.6) is 5.75 Å². The van der Waals surface area contributed by atoms with E-state index in [1.165, 1.54) is 17.3 Å². The van der Waals surface area contributed by atoms with Crippen molar-refractivity contribution in [3.63, 3.8) is 0 Å². The summed E-state index contributed by atoms with van der Waals surface area (Å²) in [5.74, 6) is 0.304. The molecular formula is C17H18O2S. The zero-order valence-corrected chi connectivity index (χ0v) is 12.7. The van der Waals surface area contributed by atoms with Gasteiger partial charge in [-0.3, -0.25) is 0 Å². The predicted molar refractivity (Wildman–Crippen MR) is 83.4 cm³/mol. The van der Waals surface area contributed by atoms with Gasteiger partial charge in [0.25, 0.3) is 0 Å². The molecule has 0 radical (unpaired) electrons. The number of hydrogen-bond donors (Lipinski definition) is 1. The minimum atomic E-state index is -0.254. The van der Waals surface area contributed by atoms with Crippen LogP contribution in [0.2, 0.25) is 0 Å². The fourth-order valence-electron chi connectivity index (χ4n) is 2.09. The van der Waals surface area contributed by atoms with Gasteiger partial charge in [-0.05, 0) is 49.6 Å². The third kappa shape index (κ3) is 3.23. The second-order valence-corrected chi connectivity index (χ2v) is 6.21. The second-order valence-electron chi connectivity index (χ2n) is 4.99. The maximum Gasteiger partial charge on any atom is 0.137 e. The van der Waals surface area contributed by atoms with E-state index in [4.69, 9.17) is 0 Å². The van der Waals surface area contributed by atoms with Gasteiger partial charge in [0.05, 0.1) is 5.25 Å². The van der Waals surface area contributed by atoms with E-state index in [0.717, 1.165) is 27.9 Å². The standard InChI is InChI=1S/C17H18O2S/c1-11-4-6-15(7-5-11)20-16(10-18)14-8-12(2)17(19)13(3)9-14/h4-10,16,19H,1-3H3. The zero-order chi connectivity index (χ0) is 14.7. The summed E-state index contributed by atoms with van der Waals surface area (Å²) in [5.41, 5.74) is 3.74. The summed E-state index contributed by atoms with van der Waals surface area (Å²) in [6, 6.07) is 11.9. The molecule has 2 aromatic rings.